The molecular formula is C18H23F3N4O. The molecule has 26 heavy (non-hydrogen) atoms. The van der Waals surface area contributed by atoms with Crippen LogP contribution in [0.1, 0.15) is 24.0 Å². The molecule has 0 spiro atoms. The van der Waals surface area contributed by atoms with Crippen LogP contribution in [0.4, 0.5) is 18.9 Å². The van der Waals surface area contributed by atoms with Gasteiger partial charge >= 0.3 is 6.18 Å². The fourth-order valence-corrected chi connectivity index (χ4v) is 3.48. The molecule has 8 heteroatoms. The van der Waals surface area contributed by atoms with Gasteiger partial charge in [-0.15, -0.1) is 0 Å². The lowest BCUT2D eigenvalue weighted by atomic mass is 9.95. The van der Waals surface area contributed by atoms with E-state index in [9.17, 15) is 13.2 Å². The highest BCUT2D eigenvalue weighted by Crippen LogP contribution is 2.46. The maximum Gasteiger partial charge on any atom is 0.422 e. The van der Waals surface area contributed by atoms with E-state index in [-0.39, 0.29) is 23.2 Å². The quantitative estimate of drug-likeness (QED) is 0.894. The first kappa shape index (κ1) is 18.6. The Labute approximate surface area is 150 Å². The van der Waals surface area contributed by atoms with Gasteiger partial charge in [0.2, 0.25) is 5.88 Å². The van der Waals surface area contributed by atoms with E-state index in [2.05, 4.69) is 5.10 Å². The zero-order valence-corrected chi connectivity index (χ0v) is 14.9. The van der Waals surface area contributed by atoms with Gasteiger partial charge in [0.25, 0.3) is 0 Å². The predicted molar refractivity (Wildman–Crippen MR) is 93.5 cm³/mol. The molecular weight excluding hydrogens is 345 g/mol. The summed E-state index contributed by atoms with van der Waals surface area (Å²) in [4.78, 5) is 1.80. The molecule has 2 N–H and O–H groups in total. The van der Waals surface area contributed by atoms with Gasteiger partial charge in [-0.1, -0.05) is 6.07 Å². The fourth-order valence-electron chi connectivity index (χ4n) is 3.48. The van der Waals surface area contributed by atoms with Crippen molar-refractivity contribution in [2.75, 3.05) is 24.5 Å². The number of alkyl halides is 3. The van der Waals surface area contributed by atoms with Crippen molar-refractivity contribution in [3.05, 3.63) is 35.5 Å². The van der Waals surface area contributed by atoms with E-state index < -0.39 is 11.7 Å². The lowest BCUT2D eigenvalue weighted by molar-refractivity contribution is -0.138. The number of ether oxygens (including phenoxy) is 1. The largest absolute Gasteiger partial charge is 0.439 e. The Bertz CT molecular complexity index is 772. The van der Waals surface area contributed by atoms with Gasteiger partial charge in [0.15, 0.2) is 0 Å². The summed E-state index contributed by atoms with van der Waals surface area (Å²) in [5, 5.41) is 3.94. The zero-order chi connectivity index (χ0) is 18.9. The Hall–Kier alpha value is -2.22. The number of benzene rings is 1. The molecule has 3 rings (SSSR count). The molecule has 1 atom stereocenters. The Balaban J connectivity index is 2.08. The molecule has 5 nitrogen and oxygen atoms in total. The molecule has 0 radical (unpaired) electrons. The fraction of sp³-hybridized carbons (Fsp3) is 0.500. The maximum atomic E-state index is 14.0. The topological polar surface area (TPSA) is 56.3 Å². The molecule has 2 heterocycles. The molecule has 1 aliphatic heterocycles. The SMILES string of the molecule is Cc1ccc(Oc2ccnn2C)c(C(F)(F)F)c1N1CCC[C@@H](CN)C1. The van der Waals surface area contributed by atoms with Gasteiger partial charge in [0.05, 0.1) is 11.9 Å². The molecule has 0 bridgehead atoms. The third-order valence-electron chi connectivity index (χ3n) is 4.78. The third-order valence-corrected chi connectivity index (χ3v) is 4.78. The highest BCUT2D eigenvalue weighted by atomic mass is 19.4. The Morgan fingerprint density at radius 1 is 1.31 bits per heavy atom. The second-order valence-corrected chi connectivity index (χ2v) is 6.69. The molecule has 0 aliphatic carbocycles. The number of halogens is 3. The van der Waals surface area contributed by atoms with Crippen molar-refractivity contribution >= 4 is 5.69 Å². The normalized spacial score (nSPS) is 18.2. The van der Waals surface area contributed by atoms with Gasteiger partial charge in [-0.05, 0) is 43.9 Å². The molecule has 142 valence electrons. The molecule has 1 fully saturated rings. The first-order valence-corrected chi connectivity index (χ1v) is 8.63. The van der Waals surface area contributed by atoms with Crippen molar-refractivity contribution in [1.82, 2.24) is 9.78 Å². The van der Waals surface area contributed by atoms with Gasteiger partial charge in [-0.2, -0.15) is 18.3 Å². The van der Waals surface area contributed by atoms with Crippen LogP contribution in [0.5, 0.6) is 11.6 Å². The summed E-state index contributed by atoms with van der Waals surface area (Å²) in [5.74, 6) is 0.242. The Morgan fingerprint density at radius 2 is 2.08 bits per heavy atom. The molecule has 1 aromatic carbocycles. The summed E-state index contributed by atoms with van der Waals surface area (Å²) in [5.41, 5.74) is 5.79. The maximum absolute atomic E-state index is 14.0. The molecule has 1 aromatic heterocycles. The molecule has 1 saturated heterocycles. The van der Waals surface area contributed by atoms with Gasteiger partial charge in [0.1, 0.15) is 11.3 Å². The van der Waals surface area contributed by atoms with Gasteiger partial charge in [0, 0.05) is 26.2 Å². The number of nitrogens with two attached hydrogens (primary N) is 1. The minimum Gasteiger partial charge on any atom is -0.439 e. The van der Waals surface area contributed by atoms with Gasteiger partial charge < -0.3 is 15.4 Å². The average Bonchev–Trinajstić information content (AvgIpc) is 3.00. The number of rotatable bonds is 4. The lowest BCUT2D eigenvalue weighted by Gasteiger charge is -2.36. The second-order valence-electron chi connectivity index (χ2n) is 6.69. The van der Waals surface area contributed by atoms with E-state index in [1.54, 1.807) is 24.9 Å². The first-order chi connectivity index (χ1) is 12.3. The van der Waals surface area contributed by atoms with Gasteiger partial charge in [-0.25, -0.2) is 4.68 Å². The van der Waals surface area contributed by atoms with Gasteiger partial charge in [-0.3, -0.25) is 0 Å². The molecule has 2 aromatic rings. The number of hydrogen-bond acceptors (Lipinski definition) is 4. The number of aryl methyl sites for hydroxylation is 2. The van der Waals surface area contributed by atoms with Crippen LogP contribution in [0.2, 0.25) is 0 Å². The van der Waals surface area contributed by atoms with Crippen molar-refractivity contribution in [3.8, 4) is 11.6 Å². The molecule has 0 saturated carbocycles. The number of piperidine rings is 1. The monoisotopic (exact) mass is 368 g/mol. The van der Waals surface area contributed by atoms with E-state index in [1.807, 2.05) is 0 Å². The number of aromatic nitrogens is 2. The Kier molecular flexibility index (Phi) is 5.13. The summed E-state index contributed by atoms with van der Waals surface area (Å²) in [6.45, 7) is 3.28. The van der Waals surface area contributed by atoms with E-state index in [0.29, 0.717) is 25.2 Å². The standard InChI is InChI=1S/C18H23F3N4O/c1-12-5-6-14(26-15-7-8-23-24(15)2)16(18(19,20)21)17(12)25-9-3-4-13(10-22)11-25/h5-8,13H,3-4,9-11,22H2,1-2H3/t13-/m0/s1. The highest BCUT2D eigenvalue weighted by Gasteiger charge is 2.40. The first-order valence-electron chi connectivity index (χ1n) is 8.63. The highest BCUT2D eigenvalue weighted by molar-refractivity contribution is 5.66. The minimum absolute atomic E-state index is 0.190. The second kappa shape index (κ2) is 7.19. The lowest BCUT2D eigenvalue weighted by Crippen LogP contribution is -2.39. The van der Waals surface area contributed by atoms with Crippen molar-refractivity contribution < 1.29 is 17.9 Å². The van der Waals surface area contributed by atoms with E-state index in [4.69, 9.17) is 10.5 Å². The smallest absolute Gasteiger partial charge is 0.422 e. The van der Waals surface area contributed by atoms with Crippen LogP contribution in [0.3, 0.4) is 0 Å². The van der Waals surface area contributed by atoms with Crippen LogP contribution in [-0.4, -0.2) is 29.4 Å². The van der Waals surface area contributed by atoms with Crippen LogP contribution in [0.15, 0.2) is 24.4 Å². The Morgan fingerprint density at radius 3 is 2.69 bits per heavy atom. The van der Waals surface area contributed by atoms with Crippen LogP contribution < -0.4 is 15.4 Å². The minimum atomic E-state index is -4.54. The summed E-state index contributed by atoms with van der Waals surface area (Å²) >= 11 is 0. The van der Waals surface area contributed by atoms with Crippen molar-refractivity contribution in [1.29, 1.82) is 0 Å². The summed E-state index contributed by atoms with van der Waals surface area (Å²) < 4.78 is 49.0. The summed E-state index contributed by atoms with van der Waals surface area (Å²) in [6, 6.07) is 4.58. The van der Waals surface area contributed by atoms with Crippen LogP contribution in [0, 0.1) is 12.8 Å². The number of nitrogens with zero attached hydrogens (tertiary/aromatic N) is 3. The molecule has 1 aliphatic rings. The molecule has 0 unspecified atom stereocenters. The number of anilines is 1. The molecule has 0 amide bonds. The predicted octanol–water partition coefficient (Wildman–Crippen LogP) is 3.71. The summed E-state index contributed by atoms with van der Waals surface area (Å²) in [7, 11) is 1.62. The zero-order valence-electron chi connectivity index (χ0n) is 14.9. The average molecular weight is 368 g/mol. The van der Waals surface area contributed by atoms with Crippen LogP contribution in [0.25, 0.3) is 0 Å². The van der Waals surface area contributed by atoms with Crippen LogP contribution >= 0.6 is 0 Å². The van der Waals surface area contributed by atoms with Crippen LogP contribution in [-0.2, 0) is 13.2 Å². The van der Waals surface area contributed by atoms with E-state index in [0.717, 1.165) is 12.8 Å². The van der Waals surface area contributed by atoms with Crippen molar-refractivity contribution in [2.45, 2.75) is 25.9 Å². The van der Waals surface area contributed by atoms with E-state index in [1.165, 1.54) is 23.0 Å². The summed E-state index contributed by atoms with van der Waals surface area (Å²) in [6.07, 6.45) is -1.29. The third kappa shape index (κ3) is 3.65. The van der Waals surface area contributed by atoms with Crippen molar-refractivity contribution in [2.24, 2.45) is 18.7 Å². The van der Waals surface area contributed by atoms with Crippen molar-refractivity contribution in [3.63, 3.8) is 0 Å². The van der Waals surface area contributed by atoms with E-state index >= 15 is 0 Å². The number of hydrogen-bond donors (Lipinski definition) is 1.